The third-order valence-corrected chi connectivity index (χ3v) is 5.71. The second-order valence-corrected chi connectivity index (χ2v) is 8.40. The van der Waals surface area contributed by atoms with Crippen molar-refractivity contribution in [2.24, 2.45) is 0 Å². The summed E-state index contributed by atoms with van der Waals surface area (Å²) in [6, 6.07) is 7.01. The van der Waals surface area contributed by atoms with Crippen LogP contribution in [-0.2, 0) is 19.2 Å². The number of hydrogen-bond acceptors (Lipinski definition) is 6. The highest BCUT2D eigenvalue weighted by atomic mass is 35.5. The molecule has 0 bridgehead atoms. The van der Waals surface area contributed by atoms with Gasteiger partial charge in [-0.2, -0.15) is 0 Å². The number of amides is 2. The molecule has 11 heteroatoms. The first-order chi connectivity index (χ1) is 16.2. The predicted molar refractivity (Wildman–Crippen MR) is 125 cm³/mol. The Labute approximate surface area is 203 Å². The van der Waals surface area contributed by atoms with Crippen molar-refractivity contribution >= 4 is 35.4 Å². The Bertz CT molecular complexity index is 869. The van der Waals surface area contributed by atoms with Crippen LogP contribution in [0.1, 0.15) is 19.8 Å². The molecule has 2 N–H and O–H groups in total. The van der Waals surface area contributed by atoms with Crippen LogP contribution in [0.5, 0.6) is 5.75 Å². The van der Waals surface area contributed by atoms with Gasteiger partial charge in [-0.25, -0.2) is 9.59 Å². The summed E-state index contributed by atoms with van der Waals surface area (Å²) >= 11 is 5.87. The number of halogens is 1. The Kier molecular flexibility index (Phi) is 10.8. The molecule has 1 unspecified atom stereocenters. The number of nitrogens with zero attached hydrogens (tertiary/aromatic N) is 3. The fraction of sp³-hybridized carbons (Fsp3) is 0.478. The molecule has 2 fully saturated rings. The van der Waals surface area contributed by atoms with E-state index >= 15 is 0 Å². The van der Waals surface area contributed by atoms with Crippen molar-refractivity contribution in [1.29, 1.82) is 0 Å². The molecule has 0 aliphatic carbocycles. The standard InChI is InChI=1S/C19H26ClN3O3.C4H4O4/c1-15(24)22-10-11-23(17(13-22)12-21-8-2-3-9-21)19(25)14-26-18-6-4-16(20)5-7-18;5-3(6)1-2-4(7)8/h4-7,17H,2-3,8-14H2,1H3;1-2H,(H,5,6)(H,7,8)/b;2-1+. The largest absolute Gasteiger partial charge is 0.484 e. The quantitative estimate of drug-likeness (QED) is 0.546. The number of likely N-dealkylation sites (tertiary alicyclic amines) is 1. The highest BCUT2D eigenvalue weighted by Crippen LogP contribution is 2.18. The van der Waals surface area contributed by atoms with E-state index in [0.717, 1.165) is 19.6 Å². The monoisotopic (exact) mass is 495 g/mol. The summed E-state index contributed by atoms with van der Waals surface area (Å²) in [5, 5.41) is 16.3. The molecule has 0 aromatic heterocycles. The Morgan fingerprint density at radius 3 is 2.12 bits per heavy atom. The normalized spacial score (nSPS) is 18.4. The predicted octanol–water partition coefficient (Wildman–Crippen LogP) is 1.59. The first-order valence-electron chi connectivity index (χ1n) is 11.0. The number of rotatable bonds is 7. The summed E-state index contributed by atoms with van der Waals surface area (Å²) in [6.07, 6.45) is 3.53. The van der Waals surface area contributed by atoms with Crippen molar-refractivity contribution in [3.8, 4) is 5.75 Å². The smallest absolute Gasteiger partial charge is 0.328 e. The second kappa shape index (κ2) is 13.6. The maximum Gasteiger partial charge on any atom is 0.328 e. The van der Waals surface area contributed by atoms with E-state index in [1.54, 1.807) is 31.2 Å². The third kappa shape index (κ3) is 9.40. The van der Waals surface area contributed by atoms with E-state index in [4.69, 9.17) is 26.6 Å². The average molecular weight is 496 g/mol. The highest BCUT2D eigenvalue weighted by molar-refractivity contribution is 6.30. The van der Waals surface area contributed by atoms with Crippen molar-refractivity contribution in [3.63, 3.8) is 0 Å². The number of carboxylic acid groups (broad SMARTS) is 2. The molecule has 34 heavy (non-hydrogen) atoms. The lowest BCUT2D eigenvalue weighted by Crippen LogP contribution is -2.60. The molecule has 10 nitrogen and oxygen atoms in total. The van der Waals surface area contributed by atoms with Crippen molar-refractivity contribution in [1.82, 2.24) is 14.7 Å². The first kappa shape index (κ1) is 27.1. The van der Waals surface area contributed by atoms with E-state index in [2.05, 4.69) is 4.90 Å². The van der Waals surface area contributed by atoms with E-state index in [1.165, 1.54) is 12.8 Å². The van der Waals surface area contributed by atoms with Crippen LogP contribution in [0.25, 0.3) is 0 Å². The average Bonchev–Trinajstić information content (AvgIpc) is 3.30. The molecule has 1 aromatic carbocycles. The second-order valence-electron chi connectivity index (χ2n) is 7.97. The van der Waals surface area contributed by atoms with Gasteiger partial charge in [0.1, 0.15) is 5.75 Å². The van der Waals surface area contributed by atoms with Gasteiger partial charge in [0.15, 0.2) is 6.61 Å². The minimum absolute atomic E-state index is 0.00178. The van der Waals surface area contributed by atoms with Crippen molar-refractivity contribution in [3.05, 3.63) is 41.4 Å². The molecule has 1 atom stereocenters. The molecule has 186 valence electrons. The van der Waals surface area contributed by atoms with Gasteiger partial charge in [-0.1, -0.05) is 11.6 Å². The molecule has 0 spiro atoms. The fourth-order valence-electron chi connectivity index (χ4n) is 3.79. The van der Waals surface area contributed by atoms with Gasteiger partial charge in [-0.3, -0.25) is 9.59 Å². The van der Waals surface area contributed by atoms with Crippen LogP contribution < -0.4 is 4.74 Å². The van der Waals surface area contributed by atoms with Crippen LogP contribution in [0.15, 0.2) is 36.4 Å². The van der Waals surface area contributed by atoms with Crippen LogP contribution in [0, 0.1) is 0 Å². The molecule has 1 aromatic rings. The highest BCUT2D eigenvalue weighted by Gasteiger charge is 2.33. The summed E-state index contributed by atoms with van der Waals surface area (Å²) in [6.45, 7) is 6.28. The van der Waals surface area contributed by atoms with Crippen molar-refractivity contribution in [2.75, 3.05) is 45.9 Å². The molecule has 2 amide bonds. The number of piperazine rings is 1. The van der Waals surface area contributed by atoms with E-state index in [1.807, 2.05) is 9.80 Å². The number of carbonyl (C=O) groups is 4. The van der Waals surface area contributed by atoms with Crippen LogP contribution in [-0.4, -0.2) is 101 Å². The van der Waals surface area contributed by atoms with Gasteiger partial charge < -0.3 is 29.6 Å². The maximum atomic E-state index is 12.8. The van der Waals surface area contributed by atoms with Gasteiger partial charge in [-0.05, 0) is 50.2 Å². The third-order valence-electron chi connectivity index (χ3n) is 5.46. The molecule has 0 radical (unpaired) electrons. The number of aliphatic carboxylic acids is 2. The van der Waals surface area contributed by atoms with E-state index in [9.17, 15) is 19.2 Å². The Morgan fingerprint density at radius 1 is 1.00 bits per heavy atom. The maximum absolute atomic E-state index is 12.8. The lowest BCUT2D eigenvalue weighted by molar-refractivity contribution is -0.144. The molecule has 2 aliphatic rings. The van der Waals surface area contributed by atoms with Crippen molar-refractivity contribution in [2.45, 2.75) is 25.8 Å². The fourth-order valence-corrected chi connectivity index (χ4v) is 3.92. The van der Waals surface area contributed by atoms with Gasteiger partial charge in [0.2, 0.25) is 5.91 Å². The Morgan fingerprint density at radius 2 is 1.59 bits per heavy atom. The topological polar surface area (TPSA) is 128 Å². The van der Waals surface area contributed by atoms with Crippen molar-refractivity contribution < 1.29 is 34.1 Å². The number of carbonyl (C=O) groups excluding carboxylic acids is 2. The van der Waals surface area contributed by atoms with Crippen LogP contribution in [0.4, 0.5) is 0 Å². The lowest BCUT2D eigenvalue weighted by atomic mass is 10.1. The van der Waals surface area contributed by atoms with Gasteiger partial charge in [0.25, 0.3) is 5.91 Å². The van der Waals surface area contributed by atoms with Crippen LogP contribution in [0.2, 0.25) is 5.02 Å². The Balaban J connectivity index is 0.000000440. The summed E-state index contributed by atoms with van der Waals surface area (Å²) in [4.78, 5) is 49.7. The minimum atomic E-state index is -1.26. The SMILES string of the molecule is CC(=O)N1CCN(C(=O)COc2ccc(Cl)cc2)C(CN2CCCC2)C1.O=C(O)/C=C/C(=O)O. The lowest BCUT2D eigenvalue weighted by Gasteiger charge is -2.42. The number of carboxylic acids is 2. The molecule has 2 aliphatic heterocycles. The number of benzene rings is 1. The van der Waals surface area contributed by atoms with Gasteiger partial charge >= 0.3 is 11.9 Å². The minimum Gasteiger partial charge on any atom is -0.484 e. The van der Waals surface area contributed by atoms with Gasteiger partial charge in [-0.15, -0.1) is 0 Å². The molecule has 0 saturated carbocycles. The zero-order chi connectivity index (χ0) is 25.1. The first-order valence-corrected chi connectivity index (χ1v) is 11.3. The van der Waals surface area contributed by atoms with Gasteiger partial charge in [0, 0.05) is 50.3 Å². The summed E-state index contributed by atoms with van der Waals surface area (Å²) < 4.78 is 5.62. The van der Waals surface area contributed by atoms with Crippen LogP contribution >= 0.6 is 11.6 Å². The Hall–Kier alpha value is -3.11. The van der Waals surface area contributed by atoms with E-state index in [0.29, 0.717) is 42.6 Å². The van der Waals surface area contributed by atoms with Crippen LogP contribution in [0.3, 0.4) is 0 Å². The summed E-state index contributed by atoms with van der Waals surface area (Å²) in [7, 11) is 0. The van der Waals surface area contributed by atoms with E-state index in [-0.39, 0.29) is 24.5 Å². The number of ether oxygens (including phenoxy) is 1. The zero-order valence-electron chi connectivity index (χ0n) is 19.1. The number of hydrogen-bond donors (Lipinski definition) is 2. The zero-order valence-corrected chi connectivity index (χ0v) is 19.8. The molecule has 3 rings (SSSR count). The molecule has 2 heterocycles. The summed E-state index contributed by atoms with van der Waals surface area (Å²) in [5.41, 5.74) is 0. The molecular weight excluding hydrogens is 466 g/mol. The van der Waals surface area contributed by atoms with E-state index < -0.39 is 11.9 Å². The summed E-state index contributed by atoms with van der Waals surface area (Å²) in [5.74, 6) is -1.85. The van der Waals surface area contributed by atoms with Gasteiger partial charge in [0.05, 0.1) is 6.04 Å². The molecular formula is C23H30ClN3O7. The molecule has 2 saturated heterocycles.